The Morgan fingerprint density at radius 1 is 1.37 bits per heavy atom. The number of methoxy groups -OCH3 is 2. The number of rotatable bonds is 7. The van der Waals surface area contributed by atoms with Crippen LogP contribution in [0.15, 0.2) is 29.3 Å². The van der Waals surface area contributed by atoms with E-state index in [4.69, 9.17) is 14.5 Å². The van der Waals surface area contributed by atoms with E-state index >= 15 is 0 Å². The second kappa shape index (κ2) is 9.36. The highest BCUT2D eigenvalue weighted by molar-refractivity contribution is 5.80. The zero-order chi connectivity index (χ0) is 19.1. The number of nitrogens with zero attached hydrogens (tertiary/aromatic N) is 4. The molecule has 3 rings (SSSR count). The monoisotopic (exact) mass is 372 g/mol. The van der Waals surface area contributed by atoms with Gasteiger partial charge >= 0.3 is 0 Å². The van der Waals surface area contributed by atoms with Gasteiger partial charge in [-0.05, 0) is 31.0 Å². The maximum atomic E-state index is 5.28. The van der Waals surface area contributed by atoms with Crippen molar-refractivity contribution in [3.05, 3.63) is 41.5 Å². The third-order valence-corrected chi connectivity index (χ3v) is 4.41. The Kier molecular flexibility index (Phi) is 6.64. The van der Waals surface area contributed by atoms with Crippen LogP contribution in [0, 0.1) is 0 Å². The molecule has 1 aromatic heterocycles. The standard InChI is InChI=1S/C19H28N6O2/c1-4-20-19(21-11-14-6-5-7-16(10-14)27-3)22-15-8-9-18-23-17(13-26-2)24-25(18)12-15/h5-7,10,15H,4,8-9,11-13H2,1-3H3,(H2,20,21,22). The molecule has 2 heterocycles. The molecule has 2 N–H and O–H groups in total. The van der Waals surface area contributed by atoms with Crippen molar-refractivity contribution >= 4 is 5.96 Å². The van der Waals surface area contributed by atoms with Crippen molar-refractivity contribution in [1.82, 2.24) is 25.4 Å². The highest BCUT2D eigenvalue weighted by Gasteiger charge is 2.22. The van der Waals surface area contributed by atoms with Gasteiger partial charge in [0.15, 0.2) is 11.8 Å². The normalized spacial score (nSPS) is 16.7. The molecular weight excluding hydrogens is 344 g/mol. The fraction of sp³-hybridized carbons (Fsp3) is 0.526. The molecule has 0 amide bonds. The molecule has 1 atom stereocenters. The van der Waals surface area contributed by atoms with Crippen LogP contribution in [0.5, 0.6) is 5.75 Å². The summed E-state index contributed by atoms with van der Waals surface area (Å²) in [7, 11) is 3.33. The van der Waals surface area contributed by atoms with E-state index in [0.29, 0.717) is 13.2 Å². The molecule has 8 heteroatoms. The fourth-order valence-corrected chi connectivity index (χ4v) is 3.12. The second-order valence-corrected chi connectivity index (χ2v) is 6.49. The van der Waals surface area contributed by atoms with Crippen molar-refractivity contribution in [2.24, 2.45) is 4.99 Å². The number of fused-ring (bicyclic) bond motifs is 1. The van der Waals surface area contributed by atoms with Crippen molar-refractivity contribution in [3.8, 4) is 5.75 Å². The first-order chi connectivity index (χ1) is 13.2. The van der Waals surface area contributed by atoms with Crippen LogP contribution in [-0.4, -0.2) is 47.5 Å². The van der Waals surface area contributed by atoms with E-state index in [1.165, 1.54) is 0 Å². The summed E-state index contributed by atoms with van der Waals surface area (Å²) >= 11 is 0. The Balaban J connectivity index is 1.63. The summed E-state index contributed by atoms with van der Waals surface area (Å²) in [4.78, 5) is 9.24. The van der Waals surface area contributed by atoms with Gasteiger partial charge in [0, 0.05) is 26.1 Å². The Labute approximate surface area is 160 Å². The van der Waals surface area contributed by atoms with Crippen LogP contribution in [0.25, 0.3) is 0 Å². The number of aryl methyl sites for hydroxylation is 1. The number of guanidine groups is 1. The molecule has 8 nitrogen and oxygen atoms in total. The van der Waals surface area contributed by atoms with Gasteiger partial charge in [-0.25, -0.2) is 14.7 Å². The Morgan fingerprint density at radius 3 is 3.04 bits per heavy atom. The number of ether oxygens (including phenoxy) is 2. The van der Waals surface area contributed by atoms with Crippen molar-refractivity contribution in [1.29, 1.82) is 0 Å². The van der Waals surface area contributed by atoms with E-state index in [0.717, 1.165) is 54.9 Å². The maximum absolute atomic E-state index is 5.28. The zero-order valence-corrected chi connectivity index (χ0v) is 16.2. The van der Waals surface area contributed by atoms with Gasteiger partial charge in [-0.3, -0.25) is 0 Å². The quantitative estimate of drug-likeness (QED) is 0.566. The molecule has 0 bridgehead atoms. The van der Waals surface area contributed by atoms with Crippen LogP contribution in [0.3, 0.4) is 0 Å². The molecule has 27 heavy (non-hydrogen) atoms. The second-order valence-electron chi connectivity index (χ2n) is 6.49. The molecule has 0 fully saturated rings. The van der Waals surface area contributed by atoms with Gasteiger partial charge in [0.1, 0.15) is 18.2 Å². The molecule has 1 aromatic carbocycles. The number of aliphatic imine (C=N–C) groups is 1. The van der Waals surface area contributed by atoms with Gasteiger partial charge in [0.25, 0.3) is 0 Å². The van der Waals surface area contributed by atoms with E-state index in [9.17, 15) is 0 Å². The third-order valence-electron chi connectivity index (χ3n) is 4.41. The Morgan fingerprint density at radius 2 is 2.26 bits per heavy atom. The van der Waals surface area contributed by atoms with E-state index in [2.05, 4.69) is 33.7 Å². The molecular formula is C19H28N6O2. The molecule has 0 radical (unpaired) electrons. The summed E-state index contributed by atoms with van der Waals surface area (Å²) in [5, 5.41) is 11.4. The molecule has 146 valence electrons. The van der Waals surface area contributed by atoms with E-state index in [1.54, 1.807) is 14.2 Å². The SMILES string of the molecule is CCNC(=NCc1cccc(OC)c1)NC1CCc2nc(COC)nn2C1. The highest BCUT2D eigenvalue weighted by Crippen LogP contribution is 2.15. The smallest absolute Gasteiger partial charge is 0.191 e. The van der Waals surface area contributed by atoms with Gasteiger partial charge in [-0.2, -0.15) is 5.10 Å². The minimum Gasteiger partial charge on any atom is -0.497 e. The minimum atomic E-state index is 0.262. The Hall–Kier alpha value is -2.61. The lowest BCUT2D eigenvalue weighted by Crippen LogP contribution is -2.47. The number of benzene rings is 1. The minimum absolute atomic E-state index is 0.262. The number of hydrogen-bond acceptors (Lipinski definition) is 5. The summed E-state index contributed by atoms with van der Waals surface area (Å²) in [6, 6.07) is 8.24. The van der Waals surface area contributed by atoms with Crippen molar-refractivity contribution in [2.75, 3.05) is 20.8 Å². The van der Waals surface area contributed by atoms with Crippen LogP contribution in [-0.2, 0) is 30.9 Å². The van der Waals surface area contributed by atoms with Gasteiger partial charge in [0.05, 0.1) is 20.2 Å². The summed E-state index contributed by atoms with van der Waals surface area (Å²) < 4.78 is 12.4. The number of aromatic nitrogens is 3. The lowest BCUT2D eigenvalue weighted by Gasteiger charge is -2.25. The van der Waals surface area contributed by atoms with Crippen LogP contribution in [0.1, 0.15) is 30.6 Å². The predicted octanol–water partition coefficient (Wildman–Crippen LogP) is 1.50. The van der Waals surface area contributed by atoms with Crippen molar-refractivity contribution < 1.29 is 9.47 Å². The number of hydrogen-bond donors (Lipinski definition) is 2. The lowest BCUT2D eigenvalue weighted by molar-refractivity contribution is 0.177. The zero-order valence-electron chi connectivity index (χ0n) is 16.2. The first-order valence-electron chi connectivity index (χ1n) is 9.31. The lowest BCUT2D eigenvalue weighted by atomic mass is 10.1. The Bertz CT molecular complexity index is 773. The maximum Gasteiger partial charge on any atom is 0.191 e. The van der Waals surface area contributed by atoms with Crippen LogP contribution in [0.4, 0.5) is 0 Å². The predicted molar refractivity (Wildman–Crippen MR) is 104 cm³/mol. The van der Waals surface area contributed by atoms with Crippen molar-refractivity contribution in [2.45, 2.75) is 45.5 Å². The summed E-state index contributed by atoms with van der Waals surface area (Å²) in [6.45, 7) is 4.68. The molecule has 1 aliphatic heterocycles. The fourth-order valence-electron chi connectivity index (χ4n) is 3.12. The first-order valence-corrected chi connectivity index (χ1v) is 9.31. The average molecular weight is 372 g/mol. The third kappa shape index (κ3) is 5.19. The summed E-state index contributed by atoms with van der Waals surface area (Å²) in [6.07, 6.45) is 1.89. The van der Waals surface area contributed by atoms with Gasteiger partial charge in [0.2, 0.25) is 0 Å². The summed E-state index contributed by atoms with van der Waals surface area (Å²) in [5.74, 6) is 3.43. The first kappa shape index (κ1) is 19.2. The van der Waals surface area contributed by atoms with Crippen LogP contribution < -0.4 is 15.4 Å². The molecule has 2 aromatic rings. The van der Waals surface area contributed by atoms with Gasteiger partial charge in [-0.15, -0.1) is 0 Å². The molecule has 1 unspecified atom stereocenters. The largest absolute Gasteiger partial charge is 0.497 e. The molecule has 0 spiro atoms. The van der Waals surface area contributed by atoms with Gasteiger partial charge in [-0.1, -0.05) is 12.1 Å². The van der Waals surface area contributed by atoms with Crippen LogP contribution >= 0.6 is 0 Å². The molecule has 0 aliphatic carbocycles. The number of nitrogens with one attached hydrogen (secondary N) is 2. The van der Waals surface area contributed by atoms with E-state index < -0.39 is 0 Å². The van der Waals surface area contributed by atoms with E-state index in [1.807, 2.05) is 22.9 Å². The highest BCUT2D eigenvalue weighted by atomic mass is 16.5. The summed E-state index contributed by atoms with van der Waals surface area (Å²) in [5.41, 5.74) is 1.11. The average Bonchev–Trinajstić information content (AvgIpc) is 3.08. The van der Waals surface area contributed by atoms with Crippen molar-refractivity contribution in [3.63, 3.8) is 0 Å². The van der Waals surface area contributed by atoms with Crippen LogP contribution in [0.2, 0.25) is 0 Å². The van der Waals surface area contributed by atoms with E-state index in [-0.39, 0.29) is 6.04 Å². The topological polar surface area (TPSA) is 85.6 Å². The molecule has 0 saturated heterocycles. The molecule has 1 aliphatic rings. The molecule has 0 saturated carbocycles. The van der Waals surface area contributed by atoms with Gasteiger partial charge < -0.3 is 20.1 Å².